The van der Waals surface area contributed by atoms with E-state index < -0.39 is 0 Å². The van der Waals surface area contributed by atoms with Crippen LogP contribution in [-0.4, -0.2) is 20.0 Å². The highest BCUT2D eigenvalue weighted by molar-refractivity contribution is 7.98. The van der Waals surface area contributed by atoms with Crippen molar-refractivity contribution in [1.29, 1.82) is 0 Å². The summed E-state index contributed by atoms with van der Waals surface area (Å²) in [7, 11) is 1.91. The van der Waals surface area contributed by atoms with Gasteiger partial charge in [0.15, 0.2) is 0 Å². The number of fused-ring (bicyclic) bond motifs is 1. The third-order valence-corrected chi connectivity index (χ3v) is 3.81. The highest BCUT2D eigenvalue weighted by atomic mass is 32.2. The van der Waals surface area contributed by atoms with Gasteiger partial charge in [-0.15, -0.1) is 5.10 Å². The van der Waals surface area contributed by atoms with Crippen molar-refractivity contribution in [2.75, 3.05) is 0 Å². The standard InChI is InChI=1S/C13H12N4S/c1-17-12-8-14-16-13(11(12)7-15-17)18-9-10-5-3-2-4-6-10/h2-8H,9H2,1H3. The largest absolute Gasteiger partial charge is 0.266 e. The van der Waals surface area contributed by atoms with Crippen LogP contribution >= 0.6 is 11.8 Å². The fourth-order valence-corrected chi connectivity index (χ4v) is 2.70. The molecule has 18 heavy (non-hydrogen) atoms. The first-order valence-electron chi connectivity index (χ1n) is 5.65. The van der Waals surface area contributed by atoms with Crippen LogP contribution < -0.4 is 0 Å². The van der Waals surface area contributed by atoms with Crippen molar-refractivity contribution in [1.82, 2.24) is 20.0 Å². The molecule has 0 bridgehead atoms. The Bertz CT molecular complexity index is 663. The van der Waals surface area contributed by atoms with Crippen LogP contribution in [0.15, 0.2) is 47.8 Å². The van der Waals surface area contributed by atoms with Crippen molar-refractivity contribution >= 4 is 22.7 Å². The fourth-order valence-electron chi connectivity index (χ4n) is 1.79. The second-order valence-corrected chi connectivity index (χ2v) is 4.96. The first-order chi connectivity index (χ1) is 8.84. The van der Waals surface area contributed by atoms with Gasteiger partial charge in [0.05, 0.1) is 23.3 Å². The Morgan fingerprint density at radius 2 is 2.00 bits per heavy atom. The van der Waals surface area contributed by atoms with Crippen LogP contribution in [0.25, 0.3) is 10.9 Å². The number of rotatable bonds is 3. The van der Waals surface area contributed by atoms with E-state index in [1.54, 1.807) is 18.0 Å². The average molecular weight is 256 g/mol. The maximum atomic E-state index is 4.23. The number of nitrogens with zero attached hydrogens (tertiary/aromatic N) is 4. The normalized spacial score (nSPS) is 10.9. The number of aromatic nitrogens is 4. The Balaban J connectivity index is 1.87. The Morgan fingerprint density at radius 3 is 2.83 bits per heavy atom. The van der Waals surface area contributed by atoms with Crippen molar-refractivity contribution in [2.45, 2.75) is 10.8 Å². The number of thioether (sulfide) groups is 1. The van der Waals surface area contributed by atoms with Gasteiger partial charge in [-0.25, -0.2) is 0 Å². The van der Waals surface area contributed by atoms with E-state index in [9.17, 15) is 0 Å². The molecule has 2 heterocycles. The van der Waals surface area contributed by atoms with E-state index >= 15 is 0 Å². The molecule has 1 aromatic carbocycles. The van der Waals surface area contributed by atoms with Crippen molar-refractivity contribution in [3.8, 4) is 0 Å². The summed E-state index contributed by atoms with van der Waals surface area (Å²) in [6, 6.07) is 10.3. The van der Waals surface area contributed by atoms with E-state index in [0.717, 1.165) is 21.7 Å². The molecule has 0 N–H and O–H groups in total. The quantitative estimate of drug-likeness (QED) is 0.676. The minimum Gasteiger partial charge on any atom is -0.266 e. The number of aryl methyl sites for hydroxylation is 1. The Kier molecular flexibility index (Phi) is 2.98. The van der Waals surface area contributed by atoms with Gasteiger partial charge in [-0.1, -0.05) is 42.1 Å². The molecule has 0 unspecified atom stereocenters. The number of hydrogen-bond acceptors (Lipinski definition) is 4. The van der Waals surface area contributed by atoms with Crippen molar-refractivity contribution in [2.24, 2.45) is 7.05 Å². The third-order valence-electron chi connectivity index (χ3n) is 2.76. The summed E-state index contributed by atoms with van der Waals surface area (Å²) in [5.41, 5.74) is 2.30. The smallest absolute Gasteiger partial charge is 0.130 e. The minimum atomic E-state index is 0.892. The van der Waals surface area contributed by atoms with Crippen molar-refractivity contribution < 1.29 is 0 Å². The summed E-state index contributed by atoms with van der Waals surface area (Å²) >= 11 is 1.69. The van der Waals surface area contributed by atoms with E-state index in [-0.39, 0.29) is 0 Å². The lowest BCUT2D eigenvalue weighted by atomic mass is 10.2. The zero-order valence-corrected chi connectivity index (χ0v) is 10.8. The van der Waals surface area contributed by atoms with Gasteiger partial charge in [0.1, 0.15) is 5.03 Å². The van der Waals surface area contributed by atoms with Crippen molar-refractivity contribution in [3.05, 3.63) is 48.3 Å². The minimum absolute atomic E-state index is 0.892. The Hall–Kier alpha value is -1.88. The zero-order chi connectivity index (χ0) is 12.4. The highest BCUT2D eigenvalue weighted by Gasteiger charge is 2.07. The predicted molar refractivity (Wildman–Crippen MR) is 72.3 cm³/mol. The second kappa shape index (κ2) is 4.78. The molecule has 0 aliphatic carbocycles. The van der Waals surface area contributed by atoms with Gasteiger partial charge < -0.3 is 0 Å². The van der Waals surface area contributed by atoms with Crippen LogP contribution in [0.4, 0.5) is 0 Å². The second-order valence-electron chi connectivity index (χ2n) is 3.99. The Morgan fingerprint density at radius 1 is 1.17 bits per heavy atom. The molecule has 0 saturated heterocycles. The summed E-state index contributed by atoms with van der Waals surface area (Å²) in [5.74, 6) is 0.892. The summed E-state index contributed by atoms with van der Waals surface area (Å²) in [5, 5.41) is 14.5. The maximum Gasteiger partial charge on any atom is 0.130 e. The molecule has 0 radical (unpaired) electrons. The summed E-state index contributed by atoms with van der Waals surface area (Å²) in [4.78, 5) is 0. The molecule has 0 saturated carbocycles. The van der Waals surface area contributed by atoms with Gasteiger partial charge in [0.2, 0.25) is 0 Å². The van der Waals surface area contributed by atoms with Gasteiger partial charge in [0, 0.05) is 12.8 Å². The van der Waals surface area contributed by atoms with Crippen LogP contribution in [0.5, 0.6) is 0 Å². The molecule has 90 valence electrons. The zero-order valence-electron chi connectivity index (χ0n) is 9.95. The summed E-state index contributed by atoms with van der Waals surface area (Å²) in [6.45, 7) is 0. The van der Waals surface area contributed by atoms with Crippen molar-refractivity contribution in [3.63, 3.8) is 0 Å². The molecular weight excluding hydrogens is 244 g/mol. The lowest BCUT2D eigenvalue weighted by Gasteiger charge is -2.01. The first-order valence-corrected chi connectivity index (χ1v) is 6.63. The monoisotopic (exact) mass is 256 g/mol. The maximum absolute atomic E-state index is 4.23. The molecule has 0 amide bonds. The van der Waals surface area contributed by atoms with Gasteiger partial charge in [-0.2, -0.15) is 10.2 Å². The molecule has 0 spiro atoms. The molecular formula is C13H12N4S. The molecule has 2 aromatic heterocycles. The predicted octanol–water partition coefficient (Wildman–Crippen LogP) is 2.66. The van der Waals surface area contributed by atoms with Gasteiger partial charge >= 0.3 is 0 Å². The van der Waals surface area contributed by atoms with E-state index in [1.807, 2.05) is 36.1 Å². The molecule has 0 aliphatic rings. The summed E-state index contributed by atoms with van der Waals surface area (Å²) < 4.78 is 1.82. The lowest BCUT2D eigenvalue weighted by molar-refractivity contribution is 0.793. The fraction of sp³-hybridized carbons (Fsp3) is 0.154. The SMILES string of the molecule is Cn1ncc2c(SCc3ccccc3)nncc21. The molecule has 5 heteroatoms. The summed E-state index contributed by atoms with van der Waals surface area (Å²) in [6.07, 6.45) is 3.59. The van der Waals surface area contributed by atoms with Crippen LogP contribution in [0.3, 0.4) is 0 Å². The Labute approximate surface area is 109 Å². The van der Waals surface area contributed by atoms with Crippen LogP contribution in [0, 0.1) is 0 Å². The van der Waals surface area contributed by atoms with Gasteiger partial charge in [-0.3, -0.25) is 4.68 Å². The first kappa shape index (κ1) is 11.2. The molecule has 0 aliphatic heterocycles. The average Bonchev–Trinajstić information content (AvgIpc) is 2.80. The molecule has 4 nitrogen and oxygen atoms in total. The van der Waals surface area contributed by atoms with Crippen LogP contribution in [-0.2, 0) is 12.8 Å². The van der Waals surface area contributed by atoms with Crippen LogP contribution in [0.2, 0.25) is 0 Å². The van der Waals surface area contributed by atoms with Crippen LogP contribution in [0.1, 0.15) is 5.56 Å². The number of benzene rings is 1. The molecule has 0 atom stereocenters. The molecule has 3 aromatic rings. The lowest BCUT2D eigenvalue weighted by Crippen LogP contribution is -1.92. The third kappa shape index (κ3) is 2.09. The highest BCUT2D eigenvalue weighted by Crippen LogP contribution is 2.26. The molecule has 3 rings (SSSR count). The topological polar surface area (TPSA) is 43.6 Å². The van der Waals surface area contributed by atoms with Gasteiger partial charge in [0.25, 0.3) is 0 Å². The number of hydrogen-bond donors (Lipinski definition) is 0. The van der Waals surface area contributed by atoms with E-state index in [2.05, 4.69) is 27.4 Å². The van der Waals surface area contributed by atoms with E-state index in [1.165, 1.54) is 5.56 Å². The van der Waals surface area contributed by atoms with E-state index in [0.29, 0.717) is 0 Å². The molecule has 0 fully saturated rings. The van der Waals surface area contributed by atoms with Gasteiger partial charge in [-0.05, 0) is 5.56 Å². The van der Waals surface area contributed by atoms with E-state index in [4.69, 9.17) is 0 Å².